The van der Waals surface area contributed by atoms with Gasteiger partial charge >= 0.3 is 17.9 Å². The Morgan fingerprint density at radius 3 is 1.87 bits per heavy atom. The number of amides is 4. The maximum Gasteiger partial charge on any atom is 0.326 e. The molecule has 0 radical (unpaired) electrons. The molecular formula is C30H45N5O11S. The Hall–Kier alpha value is -4.22. The molecule has 0 heterocycles. The lowest BCUT2D eigenvalue weighted by Crippen LogP contribution is -2.60. The van der Waals surface area contributed by atoms with E-state index >= 15 is 0 Å². The van der Waals surface area contributed by atoms with E-state index in [-0.39, 0.29) is 30.9 Å². The van der Waals surface area contributed by atoms with Crippen LogP contribution in [0.2, 0.25) is 0 Å². The largest absolute Gasteiger partial charge is 0.481 e. The van der Waals surface area contributed by atoms with Gasteiger partial charge in [0.15, 0.2) is 6.10 Å². The number of carboxylic acid groups (broad SMARTS) is 3. The summed E-state index contributed by atoms with van der Waals surface area (Å²) >= 11 is 1.17. The summed E-state index contributed by atoms with van der Waals surface area (Å²) in [4.78, 5) is 86.5. The molecule has 1 aromatic rings. The van der Waals surface area contributed by atoms with Crippen molar-refractivity contribution in [3.63, 3.8) is 0 Å². The molecule has 17 heteroatoms. The number of nitrogens with one attached hydrogen (secondary N) is 4. The summed E-state index contributed by atoms with van der Waals surface area (Å²) in [6.07, 6.45) is -3.38. The lowest BCUT2D eigenvalue weighted by molar-refractivity contribution is -0.148. The molecular weight excluding hydrogens is 638 g/mol. The first-order valence-corrected chi connectivity index (χ1v) is 15.9. The van der Waals surface area contributed by atoms with Crippen molar-refractivity contribution in [1.82, 2.24) is 21.3 Å². The maximum atomic E-state index is 13.6. The number of hydrogen-bond donors (Lipinski definition) is 9. The van der Waals surface area contributed by atoms with Gasteiger partial charge in [-0.1, -0.05) is 45.9 Å². The van der Waals surface area contributed by atoms with Gasteiger partial charge in [0.25, 0.3) is 5.91 Å². The number of rotatable bonds is 21. The van der Waals surface area contributed by atoms with Crippen LogP contribution in [0.5, 0.6) is 0 Å². The molecule has 0 aliphatic carbocycles. The third-order valence-electron chi connectivity index (χ3n) is 6.74. The first-order chi connectivity index (χ1) is 21.9. The number of thioether (sulfide) groups is 1. The topological polar surface area (TPSA) is 275 Å². The summed E-state index contributed by atoms with van der Waals surface area (Å²) < 4.78 is 0. The Kier molecular flexibility index (Phi) is 17.5. The second kappa shape index (κ2) is 20.1. The van der Waals surface area contributed by atoms with Crippen LogP contribution in [0.3, 0.4) is 0 Å². The minimum Gasteiger partial charge on any atom is -0.481 e. The summed E-state index contributed by atoms with van der Waals surface area (Å²) in [6.45, 7) is 6.86. The normalized spacial score (nSPS) is 15.0. The summed E-state index contributed by atoms with van der Waals surface area (Å²) in [5.41, 5.74) is 5.79. The maximum absolute atomic E-state index is 13.6. The molecule has 0 saturated heterocycles. The van der Waals surface area contributed by atoms with E-state index < -0.39 is 90.2 Å². The van der Waals surface area contributed by atoms with E-state index in [1.807, 2.05) is 5.32 Å². The Labute approximate surface area is 276 Å². The van der Waals surface area contributed by atoms with Crippen LogP contribution < -0.4 is 27.0 Å². The van der Waals surface area contributed by atoms with Gasteiger partial charge in [-0.15, -0.1) is 11.8 Å². The van der Waals surface area contributed by atoms with E-state index in [1.165, 1.54) is 11.8 Å². The lowest BCUT2D eigenvalue weighted by Gasteiger charge is -2.29. The van der Waals surface area contributed by atoms with E-state index in [2.05, 4.69) is 16.0 Å². The second-order valence-electron chi connectivity index (χ2n) is 11.6. The molecule has 4 amide bonds. The third-order valence-corrected chi connectivity index (χ3v) is 7.87. The number of aliphatic hydroxyl groups is 1. The lowest BCUT2D eigenvalue weighted by atomic mass is 9.99. The molecule has 0 unspecified atom stereocenters. The zero-order chi connectivity index (χ0) is 35.8. The highest BCUT2D eigenvalue weighted by molar-refractivity contribution is 7.99. The summed E-state index contributed by atoms with van der Waals surface area (Å²) in [7, 11) is 0. The van der Waals surface area contributed by atoms with Crippen molar-refractivity contribution in [2.75, 3.05) is 5.75 Å². The molecule has 0 fully saturated rings. The number of carboxylic acids is 3. The molecule has 1 aromatic carbocycles. The molecule has 0 saturated carbocycles. The van der Waals surface area contributed by atoms with Crippen molar-refractivity contribution >= 4 is 53.3 Å². The van der Waals surface area contributed by atoms with Crippen LogP contribution in [0.1, 0.15) is 53.4 Å². The van der Waals surface area contributed by atoms with E-state index in [0.717, 1.165) is 4.90 Å². The number of carbonyl (C=O) groups excluding carboxylic acids is 4. The van der Waals surface area contributed by atoms with Crippen LogP contribution in [0.25, 0.3) is 0 Å². The molecule has 1 rings (SSSR count). The highest BCUT2D eigenvalue weighted by Gasteiger charge is 2.35. The van der Waals surface area contributed by atoms with Gasteiger partial charge in [-0.2, -0.15) is 0 Å². The van der Waals surface area contributed by atoms with Crippen molar-refractivity contribution < 1.29 is 54.0 Å². The summed E-state index contributed by atoms with van der Waals surface area (Å²) in [5.74, 6) is -8.47. The Morgan fingerprint density at radius 2 is 1.36 bits per heavy atom. The number of carbonyl (C=O) groups is 7. The second-order valence-corrected chi connectivity index (χ2v) is 12.7. The average Bonchev–Trinajstić information content (AvgIpc) is 2.98. The van der Waals surface area contributed by atoms with Gasteiger partial charge in [0, 0.05) is 17.1 Å². The average molecular weight is 684 g/mol. The van der Waals surface area contributed by atoms with Crippen LogP contribution in [0.4, 0.5) is 0 Å². The molecule has 0 spiro atoms. The molecule has 0 bridgehead atoms. The van der Waals surface area contributed by atoms with Crippen LogP contribution in [-0.2, 0) is 33.6 Å². The zero-order valence-corrected chi connectivity index (χ0v) is 27.5. The SMILES string of the molecule is CC(C)C[C@H](NC(=O)[C@@H](NC(=O)[C@@H](N)CCC(=O)O)C(C)C)C(=O)N[C@@H](CSc1ccccc1)[C@@H](O)C(=O)N[C@@H](CC(=O)O)C(=O)O. The van der Waals surface area contributed by atoms with Crippen molar-refractivity contribution in [2.24, 2.45) is 17.6 Å². The van der Waals surface area contributed by atoms with Crippen LogP contribution >= 0.6 is 11.8 Å². The van der Waals surface area contributed by atoms with Crippen molar-refractivity contribution in [3.8, 4) is 0 Å². The summed E-state index contributed by atoms with van der Waals surface area (Å²) in [6, 6.07) is 2.05. The van der Waals surface area contributed by atoms with Crippen molar-refractivity contribution in [2.45, 2.75) is 94.6 Å². The molecule has 10 N–H and O–H groups in total. The fraction of sp³-hybridized carbons (Fsp3) is 0.567. The Bertz CT molecular complexity index is 1250. The smallest absolute Gasteiger partial charge is 0.326 e. The number of nitrogens with two attached hydrogens (primary N) is 1. The quantitative estimate of drug-likeness (QED) is 0.0743. The van der Waals surface area contributed by atoms with Crippen LogP contribution in [-0.4, -0.2) is 104 Å². The van der Waals surface area contributed by atoms with Crippen molar-refractivity contribution in [1.29, 1.82) is 0 Å². The van der Waals surface area contributed by atoms with Gasteiger partial charge in [0.05, 0.1) is 18.5 Å². The molecule has 0 aliphatic rings. The number of aliphatic hydroxyl groups excluding tert-OH is 1. The molecule has 6 atom stereocenters. The van der Waals surface area contributed by atoms with Gasteiger partial charge in [-0.05, 0) is 36.8 Å². The van der Waals surface area contributed by atoms with E-state index in [1.54, 1.807) is 58.0 Å². The van der Waals surface area contributed by atoms with Crippen LogP contribution in [0, 0.1) is 11.8 Å². The van der Waals surface area contributed by atoms with Gasteiger partial charge in [-0.25, -0.2) is 4.79 Å². The third kappa shape index (κ3) is 15.3. The van der Waals surface area contributed by atoms with Gasteiger partial charge < -0.3 is 47.4 Å². The molecule has 16 nitrogen and oxygen atoms in total. The number of benzene rings is 1. The number of aliphatic carboxylic acids is 3. The Balaban J connectivity index is 3.22. The van der Waals surface area contributed by atoms with E-state index in [4.69, 9.17) is 15.9 Å². The standard InChI is InChI=1S/C30H45N5O11S/c1-15(2)12-19(32-28(43)24(16(3)4)35-26(41)18(31)10-11-22(36)37)27(42)34-21(14-47-17-8-6-5-7-9-17)25(40)29(44)33-20(30(45)46)13-23(38)39/h5-9,15-16,18-21,24-25,40H,10-14,31H2,1-4H3,(H,32,43)(H,33,44)(H,34,42)(H,35,41)(H,36,37)(H,38,39)(H,45,46)/t18-,19-,20-,21-,24-,25+/m0/s1. The van der Waals surface area contributed by atoms with Gasteiger partial charge in [0.2, 0.25) is 17.7 Å². The fourth-order valence-corrected chi connectivity index (χ4v) is 5.17. The fourth-order valence-electron chi connectivity index (χ4n) is 4.18. The molecule has 0 aliphatic heterocycles. The minimum atomic E-state index is -2.02. The predicted molar refractivity (Wildman–Crippen MR) is 170 cm³/mol. The molecule has 47 heavy (non-hydrogen) atoms. The highest BCUT2D eigenvalue weighted by atomic mass is 32.2. The monoisotopic (exact) mass is 683 g/mol. The zero-order valence-electron chi connectivity index (χ0n) is 26.7. The minimum absolute atomic E-state index is 0.0811. The Morgan fingerprint density at radius 1 is 0.766 bits per heavy atom. The van der Waals surface area contributed by atoms with Crippen LogP contribution in [0.15, 0.2) is 35.2 Å². The van der Waals surface area contributed by atoms with Gasteiger partial charge in [0.1, 0.15) is 18.1 Å². The first-order valence-electron chi connectivity index (χ1n) is 14.9. The molecule has 0 aromatic heterocycles. The molecule has 262 valence electrons. The highest BCUT2D eigenvalue weighted by Crippen LogP contribution is 2.20. The number of hydrogen-bond acceptors (Lipinski definition) is 10. The van der Waals surface area contributed by atoms with Crippen molar-refractivity contribution in [3.05, 3.63) is 30.3 Å². The predicted octanol–water partition coefficient (Wildman–Crippen LogP) is -0.468. The summed E-state index contributed by atoms with van der Waals surface area (Å²) in [5, 5.41) is 47.8. The van der Waals surface area contributed by atoms with E-state index in [0.29, 0.717) is 0 Å². The van der Waals surface area contributed by atoms with E-state index in [9.17, 15) is 43.8 Å². The van der Waals surface area contributed by atoms with Gasteiger partial charge in [-0.3, -0.25) is 28.8 Å². The first kappa shape index (κ1) is 40.8.